The van der Waals surface area contributed by atoms with Crippen LogP contribution in [0.25, 0.3) is 11.1 Å². The molecule has 0 saturated heterocycles. The van der Waals surface area contributed by atoms with E-state index in [0.29, 0.717) is 5.82 Å². The van der Waals surface area contributed by atoms with E-state index in [-0.39, 0.29) is 0 Å². The van der Waals surface area contributed by atoms with E-state index in [1.165, 1.54) is 32.1 Å². The predicted octanol–water partition coefficient (Wildman–Crippen LogP) is 4.18. The van der Waals surface area contributed by atoms with Gasteiger partial charge < -0.3 is 10.5 Å². The van der Waals surface area contributed by atoms with Crippen LogP contribution in [-0.4, -0.2) is 17.3 Å². The van der Waals surface area contributed by atoms with Crippen molar-refractivity contribution in [2.45, 2.75) is 45.4 Å². The van der Waals surface area contributed by atoms with Gasteiger partial charge in [-0.3, -0.25) is 5.10 Å². The van der Waals surface area contributed by atoms with Crippen molar-refractivity contribution in [1.82, 2.24) is 10.2 Å². The maximum absolute atomic E-state index is 6.03. The number of unbranched alkanes of at least 4 members (excludes halogenated alkanes) is 4. The molecule has 0 spiro atoms. The van der Waals surface area contributed by atoms with Crippen molar-refractivity contribution in [1.29, 1.82) is 0 Å². The SMILES string of the molecule is CCCCCCCc1[nH]nc(N)c1-c1cccc(OC)c1. The van der Waals surface area contributed by atoms with Crippen LogP contribution >= 0.6 is 0 Å². The van der Waals surface area contributed by atoms with Crippen molar-refractivity contribution in [3.8, 4) is 16.9 Å². The van der Waals surface area contributed by atoms with E-state index < -0.39 is 0 Å². The van der Waals surface area contributed by atoms with Crippen LogP contribution in [0.15, 0.2) is 24.3 Å². The van der Waals surface area contributed by atoms with Gasteiger partial charge in [-0.05, 0) is 30.5 Å². The molecule has 1 aromatic heterocycles. The molecule has 114 valence electrons. The largest absolute Gasteiger partial charge is 0.497 e. The summed E-state index contributed by atoms with van der Waals surface area (Å²) < 4.78 is 5.29. The lowest BCUT2D eigenvalue weighted by Gasteiger charge is -2.07. The van der Waals surface area contributed by atoms with Crippen molar-refractivity contribution in [2.24, 2.45) is 0 Å². The standard InChI is InChI=1S/C17H25N3O/c1-3-4-5-6-7-11-15-16(17(18)20-19-15)13-9-8-10-14(12-13)21-2/h8-10,12H,3-7,11H2,1-2H3,(H3,18,19,20). The number of aromatic amines is 1. The molecule has 4 heteroatoms. The summed E-state index contributed by atoms with van der Waals surface area (Å²) in [7, 11) is 1.67. The number of aromatic nitrogens is 2. The number of ether oxygens (including phenoxy) is 1. The summed E-state index contributed by atoms with van der Waals surface area (Å²) in [5, 5.41) is 7.26. The van der Waals surface area contributed by atoms with Crippen LogP contribution in [0.2, 0.25) is 0 Å². The fourth-order valence-corrected chi connectivity index (χ4v) is 2.58. The molecule has 0 aliphatic heterocycles. The van der Waals surface area contributed by atoms with Crippen LogP contribution in [0.1, 0.15) is 44.7 Å². The number of rotatable bonds is 8. The molecule has 0 saturated carbocycles. The number of hydrogen-bond donors (Lipinski definition) is 2. The van der Waals surface area contributed by atoms with Crippen LogP contribution in [0.3, 0.4) is 0 Å². The first-order valence-electron chi connectivity index (χ1n) is 7.73. The zero-order valence-electron chi connectivity index (χ0n) is 13.0. The molecular weight excluding hydrogens is 262 g/mol. The summed E-state index contributed by atoms with van der Waals surface area (Å²) in [6.07, 6.45) is 7.29. The van der Waals surface area contributed by atoms with E-state index in [1.54, 1.807) is 7.11 Å². The molecule has 1 heterocycles. The monoisotopic (exact) mass is 287 g/mol. The van der Waals surface area contributed by atoms with Crippen molar-refractivity contribution in [3.05, 3.63) is 30.0 Å². The Morgan fingerprint density at radius 3 is 2.76 bits per heavy atom. The normalized spacial score (nSPS) is 10.8. The molecule has 0 aliphatic carbocycles. The Hall–Kier alpha value is -1.97. The summed E-state index contributed by atoms with van der Waals surface area (Å²) >= 11 is 0. The lowest BCUT2D eigenvalue weighted by atomic mass is 10.0. The van der Waals surface area contributed by atoms with E-state index in [0.717, 1.165) is 29.0 Å². The molecular formula is C17H25N3O. The van der Waals surface area contributed by atoms with Gasteiger partial charge in [0.05, 0.1) is 7.11 Å². The van der Waals surface area contributed by atoms with Crippen LogP contribution in [0.4, 0.5) is 5.82 Å². The first-order chi connectivity index (χ1) is 10.3. The number of methoxy groups -OCH3 is 1. The van der Waals surface area contributed by atoms with Gasteiger partial charge in [0.1, 0.15) is 5.75 Å². The van der Waals surface area contributed by atoms with Gasteiger partial charge >= 0.3 is 0 Å². The van der Waals surface area contributed by atoms with Gasteiger partial charge in [0.25, 0.3) is 0 Å². The highest BCUT2D eigenvalue weighted by molar-refractivity contribution is 5.77. The minimum atomic E-state index is 0.562. The third kappa shape index (κ3) is 4.00. The van der Waals surface area contributed by atoms with E-state index in [4.69, 9.17) is 10.5 Å². The number of benzene rings is 1. The third-order valence-electron chi connectivity index (χ3n) is 3.76. The van der Waals surface area contributed by atoms with E-state index >= 15 is 0 Å². The minimum absolute atomic E-state index is 0.562. The quantitative estimate of drug-likeness (QED) is 0.716. The zero-order chi connectivity index (χ0) is 15.1. The summed E-state index contributed by atoms with van der Waals surface area (Å²) in [5.74, 6) is 1.40. The summed E-state index contributed by atoms with van der Waals surface area (Å²) in [5.41, 5.74) is 9.23. The van der Waals surface area contributed by atoms with E-state index in [9.17, 15) is 0 Å². The van der Waals surface area contributed by atoms with Crippen LogP contribution < -0.4 is 10.5 Å². The Morgan fingerprint density at radius 1 is 1.19 bits per heavy atom. The number of H-pyrrole nitrogens is 1. The molecule has 0 amide bonds. The summed E-state index contributed by atoms with van der Waals surface area (Å²) in [6.45, 7) is 2.23. The van der Waals surface area contributed by atoms with Crippen molar-refractivity contribution >= 4 is 5.82 Å². The molecule has 21 heavy (non-hydrogen) atoms. The molecule has 3 N–H and O–H groups in total. The third-order valence-corrected chi connectivity index (χ3v) is 3.76. The molecule has 4 nitrogen and oxygen atoms in total. The highest BCUT2D eigenvalue weighted by Crippen LogP contribution is 2.31. The molecule has 0 aliphatic rings. The fourth-order valence-electron chi connectivity index (χ4n) is 2.58. The highest BCUT2D eigenvalue weighted by atomic mass is 16.5. The smallest absolute Gasteiger partial charge is 0.153 e. The van der Waals surface area contributed by atoms with Crippen LogP contribution in [0, 0.1) is 0 Å². The first kappa shape index (κ1) is 15.4. The van der Waals surface area contributed by atoms with E-state index in [1.807, 2.05) is 24.3 Å². The van der Waals surface area contributed by atoms with Crippen molar-refractivity contribution in [2.75, 3.05) is 12.8 Å². The van der Waals surface area contributed by atoms with Gasteiger partial charge in [-0.2, -0.15) is 5.10 Å². The van der Waals surface area contributed by atoms with Gasteiger partial charge in [-0.1, -0.05) is 44.7 Å². The topological polar surface area (TPSA) is 63.9 Å². The first-order valence-corrected chi connectivity index (χ1v) is 7.73. The number of anilines is 1. The molecule has 0 atom stereocenters. The fraction of sp³-hybridized carbons (Fsp3) is 0.471. The average molecular weight is 287 g/mol. The summed E-state index contributed by atoms with van der Waals surface area (Å²) in [6, 6.07) is 7.96. The second-order valence-electron chi connectivity index (χ2n) is 5.36. The number of nitrogens with zero attached hydrogens (tertiary/aromatic N) is 1. The number of hydrogen-bond acceptors (Lipinski definition) is 3. The summed E-state index contributed by atoms with van der Waals surface area (Å²) in [4.78, 5) is 0. The predicted molar refractivity (Wildman–Crippen MR) is 87.5 cm³/mol. The molecule has 2 aromatic rings. The van der Waals surface area contributed by atoms with E-state index in [2.05, 4.69) is 17.1 Å². The van der Waals surface area contributed by atoms with Gasteiger partial charge in [0, 0.05) is 11.3 Å². The number of nitrogen functional groups attached to an aromatic ring is 1. The van der Waals surface area contributed by atoms with Crippen molar-refractivity contribution in [3.63, 3.8) is 0 Å². The molecule has 2 rings (SSSR count). The minimum Gasteiger partial charge on any atom is -0.497 e. The average Bonchev–Trinajstić information content (AvgIpc) is 2.88. The van der Waals surface area contributed by atoms with Gasteiger partial charge in [0.15, 0.2) is 5.82 Å². The van der Waals surface area contributed by atoms with Crippen LogP contribution in [-0.2, 0) is 6.42 Å². The number of nitrogens with one attached hydrogen (secondary N) is 1. The lowest BCUT2D eigenvalue weighted by Crippen LogP contribution is -1.93. The second-order valence-corrected chi connectivity index (χ2v) is 5.36. The molecule has 0 radical (unpaired) electrons. The zero-order valence-corrected chi connectivity index (χ0v) is 13.0. The lowest BCUT2D eigenvalue weighted by molar-refractivity contribution is 0.415. The Labute approximate surface area is 126 Å². The second kappa shape index (κ2) is 7.72. The Balaban J connectivity index is 2.10. The molecule has 0 fully saturated rings. The van der Waals surface area contributed by atoms with Gasteiger partial charge in [-0.15, -0.1) is 0 Å². The van der Waals surface area contributed by atoms with Crippen LogP contribution in [0.5, 0.6) is 5.75 Å². The molecule has 0 unspecified atom stereocenters. The maximum Gasteiger partial charge on any atom is 0.153 e. The Morgan fingerprint density at radius 2 is 2.00 bits per heavy atom. The van der Waals surface area contributed by atoms with Gasteiger partial charge in [0.2, 0.25) is 0 Å². The maximum atomic E-state index is 6.03. The molecule has 0 bridgehead atoms. The van der Waals surface area contributed by atoms with Crippen molar-refractivity contribution < 1.29 is 4.74 Å². The molecule has 1 aromatic carbocycles. The highest BCUT2D eigenvalue weighted by Gasteiger charge is 2.13. The van der Waals surface area contributed by atoms with Gasteiger partial charge in [-0.25, -0.2) is 0 Å². The number of nitrogens with two attached hydrogens (primary N) is 1. The Bertz CT molecular complexity index is 563. The number of aryl methyl sites for hydroxylation is 1. The Kier molecular flexibility index (Phi) is 5.67.